The van der Waals surface area contributed by atoms with E-state index in [1.54, 1.807) is 4.90 Å². The summed E-state index contributed by atoms with van der Waals surface area (Å²) in [6.45, 7) is 3.52. The van der Waals surface area contributed by atoms with Gasteiger partial charge in [0.1, 0.15) is 0 Å². The first-order chi connectivity index (χ1) is 9.18. The van der Waals surface area contributed by atoms with Crippen LogP contribution in [-0.2, 0) is 14.3 Å². The predicted molar refractivity (Wildman–Crippen MR) is 79.9 cm³/mol. The van der Waals surface area contributed by atoms with Crippen molar-refractivity contribution in [3.8, 4) is 0 Å². The van der Waals surface area contributed by atoms with Crippen molar-refractivity contribution in [3.63, 3.8) is 0 Å². The van der Waals surface area contributed by atoms with Gasteiger partial charge in [-0.15, -0.1) is 12.4 Å². The van der Waals surface area contributed by atoms with E-state index in [0.717, 1.165) is 38.6 Å². The second kappa shape index (κ2) is 8.82. The quantitative estimate of drug-likeness (QED) is 0.714. The van der Waals surface area contributed by atoms with E-state index in [1.807, 2.05) is 7.05 Å². The standard InChI is InChI=1S/C14H26N2O3.ClH/c1-16(6-9-19-10-11-2-3-11)14(17)13(15)12-4-7-18-8-5-12;/h11-13H,2-10,15H2,1H3;1H. The van der Waals surface area contributed by atoms with Gasteiger partial charge in [-0.05, 0) is 37.5 Å². The maximum absolute atomic E-state index is 12.2. The molecule has 0 aromatic rings. The molecule has 0 spiro atoms. The molecule has 0 radical (unpaired) electrons. The number of carbonyl (C=O) groups is 1. The maximum Gasteiger partial charge on any atom is 0.239 e. The molecule has 118 valence electrons. The lowest BCUT2D eigenvalue weighted by Gasteiger charge is -2.29. The first-order valence-corrected chi connectivity index (χ1v) is 7.34. The van der Waals surface area contributed by atoms with Crippen LogP contribution >= 0.6 is 12.4 Å². The number of hydrogen-bond acceptors (Lipinski definition) is 4. The van der Waals surface area contributed by atoms with E-state index in [0.29, 0.717) is 13.2 Å². The van der Waals surface area contributed by atoms with Crippen molar-refractivity contribution in [3.05, 3.63) is 0 Å². The molecule has 6 heteroatoms. The van der Waals surface area contributed by atoms with Gasteiger partial charge < -0.3 is 20.1 Å². The largest absolute Gasteiger partial charge is 0.381 e. The SMILES string of the molecule is CN(CCOCC1CC1)C(=O)C(N)C1CCOCC1.Cl. The van der Waals surface area contributed by atoms with Crippen LogP contribution < -0.4 is 5.73 Å². The van der Waals surface area contributed by atoms with Crippen LogP contribution in [0.25, 0.3) is 0 Å². The average Bonchev–Trinajstić information content (AvgIpc) is 3.27. The Hall–Kier alpha value is -0.360. The normalized spacial score (nSPS) is 21.1. The summed E-state index contributed by atoms with van der Waals surface area (Å²) in [5.41, 5.74) is 6.07. The Morgan fingerprint density at radius 2 is 2.00 bits per heavy atom. The van der Waals surface area contributed by atoms with E-state index in [9.17, 15) is 4.79 Å². The zero-order chi connectivity index (χ0) is 13.7. The third kappa shape index (κ3) is 5.56. The minimum Gasteiger partial charge on any atom is -0.381 e. The highest BCUT2D eigenvalue weighted by atomic mass is 35.5. The molecule has 2 N–H and O–H groups in total. The number of nitrogens with two attached hydrogens (primary N) is 1. The Balaban J connectivity index is 0.00000200. The first kappa shape index (κ1) is 17.7. The van der Waals surface area contributed by atoms with Crippen LogP contribution in [0.4, 0.5) is 0 Å². The van der Waals surface area contributed by atoms with Gasteiger partial charge in [0.2, 0.25) is 5.91 Å². The Kier molecular flexibility index (Phi) is 7.80. The van der Waals surface area contributed by atoms with Crippen LogP contribution in [0.2, 0.25) is 0 Å². The van der Waals surface area contributed by atoms with Crippen LogP contribution in [0.1, 0.15) is 25.7 Å². The van der Waals surface area contributed by atoms with E-state index in [2.05, 4.69) is 0 Å². The highest BCUT2D eigenvalue weighted by Gasteiger charge is 2.28. The molecule has 0 bridgehead atoms. The summed E-state index contributed by atoms with van der Waals surface area (Å²) in [6.07, 6.45) is 4.37. The van der Waals surface area contributed by atoms with Crippen molar-refractivity contribution >= 4 is 18.3 Å². The second-order valence-electron chi connectivity index (χ2n) is 5.75. The second-order valence-corrected chi connectivity index (χ2v) is 5.75. The predicted octanol–water partition coefficient (Wildman–Crippen LogP) is 1.05. The molecule has 20 heavy (non-hydrogen) atoms. The first-order valence-electron chi connectivity index (χ1n) is 7.34. The summed E-state index contributed by atoms with van der Waals surface area (Å²) in [6, 6.07) is -0.391. The number of amides is 1. The lowest BCUT2D eigenvalue weighted by Crippen LogP contribution is -2.48. The number of likely N-dealkylation sites (N-methyl/N-ethyl adjacent to an activating group) is 1. The summed E-state index contributed by atoms with van der Waals surface area (Å²) in [5.74, 6) is 1.06. The van der Waals surface area contributed by atoms with Crippen molar-refractivity contribution < 1.29 is 14.3 Å². The average molecular weight is 307 g/mol. The molecule has 1 saturated heterocycles. The topological polar surface area (TPSA) is 64.8 Å². The van der Waals surface area contributed by atoms with E-state index in [-0.39, 0.29) is 24.2 Å². The van der Waals surface area contributed by atoms with Crippen molar-refractivity contribution in [2.24, 2.45) is 17.6 Å². The van der Waals surface area contributed by atoms with Crippen LogP contribution in [0.15, 0.2) is 0 Å². The number of carbonyl (C=O) groups excluding carboxylic acids is 1. The van der Waals surface area contributed by atoms with Crippen LogP contribution in [0.5, 0.6) is 0 Å². The summed E-state index contributed by atoms with van der Waals surface area (Å²) in [4.78, 5) is 13.9. The highest BCUT2D eigenvalue weighted by molar-refractivity contribution is 5.85. The van der Waals surface area contributed by atoms with Gasteiger partial charge in [-0.1, -0.05) is 0 Å². The molecule has 0 aromatic carbocycles. The van der Waals surface area contributed by atoms with Gasteiger partial charge in [-0.3, -0.25) is 4.79 Å². The Morgan fingerprint density at radius 1 is 1.35 bits per heavy atom. The Bertz CT molecular complexity index is 294. The number of hydrogen-bond donors (Lipinski definition) is 1. The third-order valence-corrected chi connectivity index (χ3v) is 4.06. The number of halogens is 1. The van der Waals surface area contributed by atoms with Crippen molar-refractivity contribution in [2.75, 3.05) is 40.0 Å². The van der Waals surface area contributed by atoms with Gasteiger partial charge in [0.15, 0.2) is 0 Å². The molecule has 1 heterocycles. The number of nitrogens with zero attached hydrogens (tertiary/aromatic N) is 1. The molecule has 2 fully saturated rings. The molecule has 1 atom stereocenters. The maximum atomic E-state index is 12.2. The molecular formula is C14H27ClN2O3. The molecule has 1 aliphatic heterocycles. The van der Waals surface area contributed by atoms with Gasteiger partial charge in [0.05, 0.1) is 12.6 Å². The van der Waals surface area contributed by atoms with Crippen molar-refractivity contribution in [1.29, 1.82) is 0 Å². The monoisotopic (exact) mass is 306 g/mol. The van der Waals surface area contributed by atoms with Gasteiger partial charge in [0, 0.05) is 33.4 Å². The molecule has 1 saturated carbocycles. The molecule has 5 nitrogen and oxygen atoms in total. The van der Waals surface area contributed by atoms with E-state index in [1.165, 1.54) is 12.8 Å². The van der Waals surface area contributed by atoms with E-state index < -0.39 is 6.04 Å². The van der Waals surface area contributed by atoms with Crippen LogP contribution in [0.3, 0.4) is 0 Å². The van der Waals surface area contributed by atoms with E-state index >= 15 is 0 Å². The van der Waals surface area contributed by atoms with Crippen molar-refractivity contribution in [2.45, 2.75) is 31.7 Å². The summed E-state index contributed by atoms with van der Waals surface area (Å²) < 4.78 is 10.8. The molecule has 2 aliphatic rings. The lowest BCUT2D eigenvalue weighted by molar-refractivity contribution is -0.134. The number of ether oxygens (including phenoxy) is 2. The summed E-state index contributed by atoms with van der Waals surface area (Å²) in [5, 5.41) is 0. The summed E-state index contributed by atoms with van der Waals surface area (Å²) >= 11 is 0. The molecule has 1 unspecified atom stereocenters. The fraction of sp³-hybridized carbons (Fsp3) is 0.929. The van der Waals surface area contributed by atoms with Gasteiger partial charge in [0.25, 0.3) is 0 Å². The zero-order valence-electron chi connectivity index (χ0n) is 12.3. The minimum absolute atomic E-state index is 0. The molecule has 0 aromatic heterocycles. The lowest BCUT2D eigenvalue weighted by atomic mass is 9.91. The summed E-state index contributed by atoms with van der Waals surface area (Å²) in [7, 11) is 1.81. The highest BCUT2D eigenvalue weighted by Crippen LogP contribution is 2.28. The molecule has 1 amide bonds. The molecule has 2 rings (SSSR count). The van der Waals surface area contributed by atoms with Gasteiger partial charge in [-0.25, -0.2) is 0 Å². The minimum atomic E-state index is -0.391. The fourth-order valence-corrected chi connectivity index (χ4v) is 2.38. The van der Waals surface area contributed by atoms with E-state index in [4.69, 9.17) is 15.2 Å². The molecular weight excluding hydrogens is 280 g/mol. The van der Waals surface area contributed by atoms with Crippen molar-refractivity contribution in [1.82, 2.24) is 4.90 Å². The van der Waals surface area contributed by atoms with Gasteiger partial charge >= 0.3 is 0 Å². The Morgan fingerprint density at radius 3 is 2.60 bits per heavy atom. The third-order valence-electron chi connectivity index (χ3n) is 4.06. The fourth-order valence-electron chi connectivity index (χ4n) is 2.38. The Labute approximate surface area is 127 Å². The smallest absolute Gasteiger partial charge is 0.239 e. The van der Waals surface area contributed by atoms with Gasteiger partial charge in [-0.2, -0.15) is 0 Å². The van der Waals surface area contributed by atoms with Crippen LogP contribution in [0, 0.1) is 11.8 Å². The number of rotatable bonds is 7. The molecule has 1 aliphatic carbocycles. The van der Waals surface area contributed by atoms with Crippen LogP contribution in [-0.4, -0.2) is 56.9 Å². The zero-order valence-corrected chi connectivity index (χ0v) is 13.1.